The number of amides is 2. The molecule has 1 aliphatic carbocycles. The summed E-state index contributed by atoms with van der Waals surface area (Å²) in [5.41, 5.74) is 1.14. The zero-order valence-electron chi connectivity index (χ0n) is 15.1. The first-order chi connectivity index (χ1) is 11.8. The lowest BCUT2D eigenvalue weighted by atomic mass is 9.86. The SMILES string of the molecule is CN(C[C@@H]1CCCN(C)[C@H]1c1ccnn1C)C(=O)NC1CC(F)(F)C1. The number of aromatic nitrogens is 2. The molecule has 25 heavy (non-hydrogen) atoms. The van der Waals surface area contributed by atoms with Gasteiger partial charge < -0.3 is 10.2 Å². The lowest BCUT2D eigenvalue weighted by molar-refractivity contribution is -0.0902. The second-order valence-corrected chi connectivity index (χ2v) is 7.50. The Morgan fingerprint density at radius 1 is 1.44 bits per heavy atom. The molecule has 8 heteroatoms. The molecular formula is C17H27F2N5O. The summed E-state index contributed by atoms with van der Waals surface area (Å²) >= 11 is 0. The monoisotopic (exact) mass is 355 g/mol. The first-order valence-corrected chi connectivity index (χ1v) is 8.84. The molecule has 1 saturated carbocycles. The maximum absolute atomic E-state index is 12.9. The largest absolute Gasteiger partial charge is 0.335 e. The van der Waals surface area contributed by atoms with Crippen LogP contribution in [0.4, 0.5) is 13.6 Å². The number of piperidine rings is 1. The van der Waals surface area contributed by atoms with Gasteiger partial charge in [-0.25, -0.2) is 13.6 Å². The maximum atomic E-state index is 12.9. The highest BCUT2D eigenvalue weighted by atomic mass is 19.3. The molecule has 0 radical (unpaired) electrons. The molecule has 1 aromatic rings. The van der Waals surface area contributed by atoms with Crippen LogP contribution in [0.25, 0.3) is 0 Å². The summed E-state index contributed by atoms with van der Waals surface area (Å²) in [7, 11) is 5.77. The van der Waals surface area contributed by atoms with Crippen molar-refractivity contribution in [2.75, 3.05) is 27.2 Å². The number of halogens is 2. The summed E-state index contributed by atoms with van der Waals surface area (Å²) in [6.07, 6.45) is 3.40. The van der Waals surface area contributed by atoms with E-state index in [0.29, 0.717) is 6.54 Å². The highest BCUT2D eigenvalue weighted by Crippen LogP contribution is 2.38. The van der Waals surface area contributed by atoms with Crippen molar-refractivity contribution in [3.63, 3.8) is 0 Å². The van der Waals surface area contributed by atoms with E-state index >= 15 is 0 Å². The first kappa shape index (κ1) is 18.1. The molecule has 0 aromatic carbocycles. The minimum atomic E-state index is -2.62. The zero-order chi connectivity index (χ0) is 18.2. The molecule has 3 rings (SSSR count). The maximum Gasteiger partial charge on any atom is 0.317 e. The van der Waals surface area contributed by atoms with Gasteiger partial charge in [0.2, 0.25) is 0 Å². The molecule has 2 atom stereocenters. The van der Waals surface area contributed by atoms with Gasteiger partial charge in [-0.1, -0.05) is 0 Å². The molecule has 1 aliphatic heterocycles. The summed E-state index contributed by atoms with van der Waals surface area (Å²) < 4.78 is 27.7. The Morgan fingerprint density at radius 3 is 2.76 bits per heavy atom. The van der Waals surface area contributed by atoms with E-state index in [1.807, 2.05) is 17.8 Å². The minimum Gasteiger partial charge on any atom is -0.335 e. The van der Waals surface area contributed by atoms with Crippen molar-refractivity contribution in [3.8, 4) is 0 Å². The molecule has 1 aromatic heterocycles. The Balaban J connectivity index is 1.61. The lowest BCUT2D eigenvalue weighted by Gasteiger charge is -2.41. The van der Waals surface area contributed by atoms with E-state index in [9.17, 15) is 13.6 Å². The molecule has 1 N–H and O–H groups in total. The van der Waals surface area contributed by atoms with Gasteiger partial charge >= 0.3 is 6.03 Å². The summed E-state index contributed by atoms with van der Waals surface area (Å²) in [6, 6.07) is 1.55. The minimum absolute atomic E-state index is 0.199. The number of nitrogens with zero attached hydrogens (tertiary/aromatic N) is 4. The predicted molar refractivity (Wildman–Crippen MR) is 90.4 cm³/mol. The van der Waals surface area contributed by atoms with Crippen molar-refractivity contribution in [3.05, 3.63) is 18.0 Å². The van der Waals surface area contributed by atoms with Gasteiger partial charge in [0, 0.05) is 45.7 Å². The number of carbonyl (C=O) groups excluding carboxylic acids is 1. The summed E-state index contributed by atoms with van der Waals surface area (Å²) in [5, 5.41) is 6.98. The van der Waals surface area contributed by atoms with Crippen molar-refractivity contribution >= 4 is 6.03 Å². The van der Waals surface area contributed by atoms with Gasteiger partial charge in [-0.2, -0.15) is 5.10 Å². The molecular weight excluding hydrogens is 328 g/mol. The third kappa shape index (κ3) is 3.94. The number of alkyl halides is 2. The number of rotatable bonds is 4. The van der Waals surface area contributed by atoms with Gasteiger partial charge in [0.05, 0.1) is 11.7 Å². The Labute approximate surface area is 147 Å². The lowest BCUT2D eigenvalue weighted by Crippen LogP contribution is -2.54. The Bertz CT molecular complexity index is 612. The second kappa shape index (κ2) is 6.90. The van der Waals surface area contributed by atoms with E-state index in [1.54, 1.807) is 18.1 Å². The molecule has 1 saturated heterocycles. The molecule has 2 aliphatic rings. The van der Waals surface area contributed by atoms with E-state index in [4.69, 9.17) is 0 Å². The normalized spacial score (nSPS) is 26.9. The molecule has 0 unspecified atom stereocenters. The topological polar surface area (TPSA) is 53.4 Å². The fourth-order valence-electron chi connectivity index (χ4n) is 4.08. The van der Waals surface area contributed by atoms with Gasteiger partial charge in [0.15, 0.2) is 0 Å². The van der Waals surface area contributed by atoms with Crippen LogP contribution in [0, 0.1) is 5.92 Å². The first-order valence-electron chi connectivity index (χ1n) is 8.84. The summed E-state index contributed by atoms with van der Waals surface area (Å²) in [5.74, 6) is -2.33. The van der Waals surface area contributed by atoms with Gasteiger partial charge in [-0.05, 0) is 38.4 Å². The summed E-state index contributed by atoms with van der Waals surface area (Å²) in [6.45, 7) is 1.61. The predicted octanol–water partition coefficient (Wildman–Crippen LogP) is 2.24. The number of aryl methyl sites for hydroxylation is 1. The average Bonchev–Trinajstić information content (AvgIpc) is 2.91. The molecule has 140 valence electrons. The van der Waals surface area contributed by atoms with Crippen LogP contribution < -0.4 is 5.32 Å². The fourth-order valence-corrected chi connectivity index (χ4v) is 4.08. The fraction of sp³-hybridized carbons (Fsp3) is 0.765. The molecule has 6 nitrogen and oxygen atoms in total. The number of likely N-dealkylation sites (tertiary alicyclic amines) is 1. The van der Waals surface area contributed by atoms with Crippen LogP contribution in [0.15, 0.2) is 12.3 Å². The van der Waals surface area contributed by atoms with Crippen molar-refractivity contribution in [1.82, 2.24) is 24.9 Å². The average molecular weight is 355 g/mol. The third-order valence-electron chi connectivity index (χ3n) is 5.44. The van der Waals surface area contributed by atoms with Crippen LogP contribution >= 0.6 is 0 Å². The van der Waals surface area contributed by atoms with Crippen molar-refractivity contribution in [2.24, 2.45) is 13.0 Å². The van der Waals surface area contributed by atoms with Gasteiger partial charge in [0.1, 0.15) is 0 Å². The van der Waals surface area contributed by atoms with E-state index < -0.39 is 12.0 Å². The number of carbonyl (C=O) groups is 1. The number of hydrogen-bond acceptors (Lipinski definition) is 3. The number of hydrogen-bond donors (Lipinski definition) is 1. The number of urea groups is 1. The van der Waals surface area contributed by atoms with E-state index in [-0.39, 0.29) is 30.8 Å². The zero-order valence-corrected chi connectivity index (χ0v) is 15.1. The van der Waals surface area contributed by atoms with E-state index in [1.165, 1.54) is 0 Å². The smallest absolute Gasteiger partial charge is 0.317 e. The Hall–Kier alpha value is -1.70. The Morgan fingerprint density at radius 2 is 2.16 bits per heavy atom. The molecule has 2 amide bonds. The third-order valence-corrected chi connectivity index (χ3v) is 5.44. The molecule has 2 heterocycles. The van der Waals surface area contributed by atoms with Crippen molar-refractivity contribution in [2.45, 2.75) is 43.7 Å². The molecule has 0 bridgehead atoms. The van der Waals surface area contributed by atoms with Crippen LogP contribution in [0.5, 0.6) is 0 Å². The van der Waals surface area contributed by atoms with Crippen LogP contribution in [0.2, 0.25) is 0 Å². The summed E-state index contributed by atoms with van der Waals surface area (Å²) in [4.78, 5) is 16.2. The Kier molecular flexibility index (Phi) is 4.99. The van der Waals surface area contributed by atoms with Gasteiger partial charge in [-0.3, -0.25) is 9.58 Å². The second-order valence-electron chi connectivity index (χ2n) is 7.50. The quantitative estimate of drug-likeness (QED) is 0.901. The van der Waals surface area contributed by atoms with E-state index in [0.717, 1.165) is 25.1 Å². The van der Waals surface area contributed by atoms with Crippen LogP contribution in [-0.2, 0) is 7.05 Å². The highest BCUT2D eigenvalue weighted by Gasteiger charge is 2.46. The van der Waals surface area contributed by atoms with Gasteiger partial charge in [0.25, 0.3) is 5.92 Å². The van der Waals surface area contributed by atoms with Crippen LogP contribution in [0.3, 0.4) is 0 Å². The van der Waals surface area contributed by atoms with Crippen molar-refractivity contribution < 1.29 is 13.6 Å². The van der Waals surface area contributed by atoms with Crippen LogP contribution in [0.1, 0.15) is 37.4 Å². The molecule has 0 spiro atoms. The van der Waals surface area contributed by atoms with Crippen molar-refractivity contribution in [1.29, 1.82) is 0 Å². The van der Waals surface area contributed by atoms with Crippen LogP contribution in [-0.4, -0.2) is 64.8 Å². The van der Waals surface area contributed by atoms with Gasteiger partial charge in [-0.15, -0.1) is 0 Å². The molecule has 2 fully saturated rings. The number of nitrogens with one attached hydrogen (secondary N) is 1. The highest BCUT2D eigenvalue weighted by molar-refractivity contribution is 5.74. The standard InChI is InChI=1S/C17H27F2N5O/c1-22-8-4-5-12(15(22)14-6-7-20-24(14)3)11-23(2)16(25)21-13-9-17(18,19)10-13/h6-7,12-13,15H,4-5,8-11H2,1-3H3,(H,21,25)/t12-,15+/m0/s1. The van der Waals surface area contributed by atoms with E-state index in [2.05, 4.69) is 22.4 Å².